The van der Waals surface area contributed by atoms with Crippen LogP contribution in [-0.2, 0) is 25.5 Å². The molecule has 12 heteroatoms. The summed E-state index contributed by atoms with van der Waals surface area (Å²) in [6, 6.07) is 28.3. The minimum atomic E-state index is -1.23. The molecule has 1 aromatic heterocycles. The molecule has 3 N–H and O–H groups in total. The number of aromatic nitrogens is 1. The summed E-state index contributed by atoms with van der Waals surface area (Å²) in [5, 5.41) is 25.9. The van der Waals surface area contributed by atoms with E-state index in [2.05, 4.69) is 23.7 Å². The number of carbonyl (C=O) groups is 3. The SMILES string of the molecule is CC(C)n1c(/C=C/C(O)CC(O)CC(=O)OCCCCCOC(=O)C(C)(C)Oc2ccc(CCNC(=O)c3ccc(Cl)cc3)cc2)c(-c2ccc(F)cc2)c2ccccc21. The molecular weight excluding hydrogens is 787 g/mol. The Morgan fingerprint density at radius 3 is 2.22 bits per heavy atom. The topological polar surface area (TPSA) is 136 Å². The number of halogens is 2. The first-order valence-electron chi connectivity index (χ1n) is 20.3. The van der Waals surface area contributed by atoms with Crippen LogP contribution in [0.15, 0.2) is 103 Å². The van der Waals surface area contributed by atoms with Gasteiger partial charge in [0.2, 0.25) is 0 Å². The van der Waals surface area contributed by atoms with Gasteiger partial charge in [-0.2, -0.15) is 0 Å². The monoisotopic (exact) mass is 840 g/mol. The molecule has 0 bridgehead atoms. The Morgan fingerprint density at radius 2 is 1.53 bits per heavy atom. The van der Waals surface area contributed by atoms with Gasteiger partial charge in [-0.3, -0.25) is 9.59 Å². The fraction of sp³-hybridized carbons (Fsp3) is 0.354. The Labute approximate surface area is 355 Å². The van der Waals surface area contributed by atoms with Crippen molar-refractivity contribution in [3.05, 3.63) is 131 Å². The van der Waals surface area contributed by atoms with Crippen LogP contribution in [0.25, 0.3) is 28.1 Å². The number of esters is 2. The first kappa shape index (κ1) is 45.6. The average molecular weight is 841 g/mol. The average Bonchev–Trinajstić information content (AvgIpc) is 3.55. The van der Waals surface area contributed by atoms with E-state index in [0.29, 0.717) is 48.6 Å². The number of aliphatic hydroxyl groups is 2. The Bertz CT molecular complexity index is 2220. The molecule has 4 aromatic carbocycles. The summed E-state index contributed by atoms with van der Waals surface area (Å²) in [5.74, 6) is -1.08. The molecule has 0 spiro atoms. The van der Waals surface area contributed by atoms with Crippen molar-refractivity contribution in [2.75, 3.05) is 19.8 Å². The lowest BCUT2D eigenvalue weighted by Gasteiger charge is -2.24. The number of ether oxygens (including phenoxy) is 3. The zero-order valence-electron chi connectivity index (χ0n) is 34.5. The van der Waals surface area contributed by atoms with Crippen LogP contribution < -0.4 is 10.1 Å². The third-order valence-electron chi connectivity index (χ3n) is 9.87. The molecule has 0 saturated carbocycles. The number of amides is 1. The van der Waals surface area contributed by atoms with Crippen LogP contribution in [0.1, 0.15) is 87.5 Å². The van der Waals surface area contributed by atoms with Gasteiger partial charge in [-0.05, 0) is 125 Å². The molecule has 318 valence electrons. The van der Waals surface area contributed by atoms with Crippen LogP contribution in [0.3, 0.4) is 0 Å². The number of nitrogens with zero attached hydrogens (tertiary/aromatic N) is 1. The molecule has 0 aliphatic heterocycles. The molecule has 5 aromatic rings. The zero-order chi connectivity index (χ0) is 43.2. The van der Waals surface area contributed by atoms with Crippen molar-refractivity contribution >= 4 is 46.4 Å². The maximum absolute atomic E-state index is 13.8. The van der Waals surface area contributed by atoms with Gasteiger partial charge in [0.25, 0.3) is 5.91 Å². The minimum Gasteiger partial charge on any atom is -0.476 e. The number of para-hydroxylation sites is 1. The number of benzene rings is 4. The Hall–Kier alpha value is -5.49. The van der Waals surface area contributed by atoms with Gasteiger partial charge in [0.1, 0.15) is 11.6 Å². The smallest absolute Gasteiger partial charge is 0.349 e. The van der Waals surface area contributed by atoms with Gasteiger partial charge in [0.05, 0.1) is 31.8 Å². The number of unbranched alkanes of at least 4 members (excludes halogenated alkanes) is 2. The highest BCUT2D eigenvalue weighted by Crippen LogP contribution is 2.38. The molecule has 2 unspecified atom stereocenters. The predicted molar refractivity (Wildman–Crippen MR) is 232 cm³/mol. The summed E-state index contributed by atoms with van der Waals surface area (Å²) >= 11 is 5.89. The maximum Gasteiger partial charge on any atom is 0.349 e. The highest BCUT2D eigenvalue weighted by Gasteiger charge is 2.32. The number of carbonyl (C=O) groups excluding carboxylic acids is 3. The van der Waals surface area contributed by atoms with Gasteiger partial charge in [-0.1, -0.05) is 60.1 Å². The van der Waals surface area contributed by atoms with E-state index in [0.717, 1.165) is 33.3 Å². The first-order valence-corrected chi connectivity index (χ1v) is 20.7. The van der Waals surface area contributed by atoms with E-state index in [1.165, 1.54) is 12.1 Å². The normalized spacial score (nSPS) is 12.8. The summed E-state index contributed by atoms with van der Waals surface area (Å²) in [5.41, 5.74) is 3.90. The molecule has 0 fully saturated rings. The summed E-state index contributed by atoms with van der Waals surface area (Å²) < 4.78 is 32.6. The maximum atomic E-state index is 13.8. The van der Waals surface area contributed by atoms with Crippen molar-refractivity contribution in [3.63, 3.8) is 0 Å². The molecule has 0 aliphatic carbocycles. The second kappa shape index (κ2) is 21.7. The van der Waals surface area contributed by atoms with Gasteiger partial charge in [0, 0.05) is 51.8 Å². The van der Waals surface area contributed by atoms with Crippen LogP contribution in [0, 0.1) is 5.82 Å². The molecule has 1 amide bonds. The number of aliphatic hydroxyl groups excluding tert-OH is 2. The molecule has 0 saturated heterocycles. The van der Waals surface area contributed by atoms with Crippen LogP contribution in [0.2, 0.25) is 5.02 Å². The Morgan fingerprint density at radius 1 is 0.867 bits per heavy atom. The number of hydrogen-bond acceptors (Lipinski definition) is 8. The third kappa shape index (κ3) is 13.0. The van der Waals surface area contributed by atoms with Crippen molar-refractivity contribution in [2.24, 2.45) is 0 Å². The lowest BCUT2D eigenvalue weighted by Crippen LogP contribution is -2.39. The second-order valence-electron chi connectivity index (χ2n) is 15.5. The van der Waals surface area contributed by atoms with E-state index in [9.17, 15) is 29.0 Å². The predicted octanol–water partition coefficient (Wildman–Crippen LogP) is 9.28. The van der Waals surface area contributed by atoms with Crippen LogP contribution >= 0.6 is 11.6 Å². The van der Waals surface area contributed by atoms with Gasteiger partial charge < -0.3 is 34.3 Å². The van der Waals surface area contributed by atoms with Crippen molar-refractivity contribution in [2.45, 2.75) is 90.1 Å². The van der Waals surface area contributed by atoms with Crippen molar-refractivity contribution in [3.8, 4) is 16.9 Å². The van der Waals surface area contributed by atoms with Crippen LogP contribution in [0.5, 0.6) is 5.75 Å². The van der Waals surface area contributed by atoms with E-state index in [4.69, 9.17) is 25.8 Å². The van der Waals surface area contributed by atoms with Gasteiger partial charge in [0.15, 0.2) is 5.60 Å². The van der Waals surface area contributed by atoms with E-state index < -0.39 is 29.7 Å². The summed E-state index contributed by atoms with van der Waals surface area (Å²) in [6.45, 7) is 8.18. The number of rotatable bonds is 21. The van der Waals surface area contributed by atoms with Crippen LogP contribution in [0.4, 0.5) is 4.39 Å². The van der Waals surface area contributed by atoms with Crippen LogP contribution in [-0.4, -0.2) is 70.2 Å². The van der Waals surface area contributed by atoms with E-state index in [-0.39, 0.29) is 43.8 Å². The van der Waals surface area contributed by atoms with E-state index in [1.54, 1.807) is 68.5 Å². The lowest BCUT2D eigenvalue weighted by molar-refractivity contribution is -0.159. The molecule has 0 radical (unpaired) electrons. The fourth-order valence-corrected chi connectivity index (χ4v) is 6.93. The highest BCUT2D eigenvalue weighted by atomic mass is 35.5. The van der Waals surface area contributed by atoms with Gasteiger partial charge in [-0.15, -0.1) is 0 Å². The number of hydrogen-bond donors (Lipinski definition) is 3. The molecule has 5 rings (SSSR count). The molecular formula is C48H54ClFN2O8. The summed E-state index contributed by atoms with van der Waals surface area (Å²) in [4.78, 5) is 37.5. The standard InChI is InChI=1S/C48H54ClFN2O8/c1-32(2)52-42-11-7-6-10-41(42)45(34-16-20-37(50)21-17-34)43(52)25-22-38(53)30-39(54)31-44(55)58-28-8-5-9-29-59-47(57)48(3,4)60-40-23-12-33(13-24-40)26-27-51-46(56)35-14-18-36(49)19-15-35/h6-7,10-25,32,38-39,53-54H,5,8-9,26-31H2,1-4H3,(H,51,56)/b25-22+. The summed E-state index contributed by atoms with van der Waals surface area (Å²) in [6.07, 6.45) is 3.29. The van der Waals surface area contributed by atoms with Gasteiger partial charge >= 0.3 is 11.9 Å². The first-order chi connectivity index (χ1) is 28.7. The van der Waals surface area contributed by atoms with Crippen molar-refractivity contribution < 1.29 is 43.2 Å². The Balaban J connectivity index is 0.975. The van der Waals surface area contributed by atoms with E-state index >= 15 is 0 Å². The lowest BCUT2D eigenvalue weighted by atomic mass is 10.0. The molecule has 0 aliphatic rings. The molecule has 60 heavy (non-hydrogen) atoms. The molecule has 10 nitrogen and oxygen atoms in total. The van der Waals surface area contributed by atoms with Crippen molar-refractivity contribution in [1.82, 2.24) is 9.88 Å². The third-order valence-corrected chi connectivity index (χ3v) is 10.1. The number of nitrogens with one attached hydrogen (secondary N) is 1. The zero-order valence-corrected chi connectivity index (χ0v) is 35.3. The van der Waals surface area contributed by atoms with Gasteiger partial charge in [-0.25, -0.2) is 9.18 Å². The van der Waals surface area contributed by atoms with E-state index in [1.807, 2.05) is 42.5 Å². The molecule has 2 atom stereocenters. The minimum absolute atomic E-state index is 0.0660. The molecule has 1 heterocycles. The Kier molecular flexibility index (Phi) is 16.5. The number of fused-ring (bicyclic) bond motifs is 1. The second-order valence-corrected chi connectivity index (χ2v) is 15.9. The highest BCUT2D eigenvalue weighted by molar-refractivity contribution is 6.30. The summed E-state index contributed by atoms with van der Waals surface area (Å²) in [7, 11) is 0. The van der Waals surface area contributed by atoms with Crippen molar-refractivity contribution in [1.29, 1.82) is 0 Å². The largest absolute Gasteiger partial charge is 0.476 e. The quantitative estimate of drug-likeness (QED) is 0.0492. The fourth-order valence-electron chi connectivity index (χ4n) is 6.81.